The highest BCUT2D eigenvalue weighted by Gasteiger charge is 2.49. The Morgan fingerprint density at radius 1 is 1.06 bits per heavy atom. The molecule has 1 N–H and O–H groups in total. The van der Waals surface area contributed by atoms with Crippen molar-refractivity contribution in [3.05, 3.63) is 72.3 Å². The van der Waals surface area contributed by atoms with Crippen molar-refractivity contribution in [3.8, 4) is 53.2 Å². The number of rotatable bonds is 10. The van der Waals surface area contributed by atoms with Crippen LogP contribution in [0.3, 0.4) is 0 Å². The van der Waals surface area contributed by atoms with Crippen LogP contribution >= 0.6 is 0 Å². The number of methoxy groups -OCH3 is 1. The van der Waals surface area contributed by atoms with Gasteiger partial charge in [0.05, 0.1) is 12.8 Å². The Morgan fingerprint density at radius 2 is 1.81 bits per heavy atom. The van der Waals surface area contributed by atoms with Crippen LogP contribution in [0.4, 0.5) is 0 Å². The Bertz CT molecular complexity index is 1730. The molecular formula is C36H38N6O5. The van der Waals surface area contributed by atoms with Crippen LogP contribution in [0.5, 0.6) is 5.75 Å². The van der Waals surface area contributed by atoms with Crippen molar-refractivity contribution in [1.82, 2.24) is 30.4 Å². The largest absolute Gasteiger partial charge is 0.497 e. The number of benzene rings is 1. The van der Waals surface area contributed by atoms with E-state index in [0.29, 0.717) is 36.1 Å². The zero-order valence-electron chi connectivity index (χ0n) is 26.6. The molecule has 1 aromatic carbocycles. The molecule has 3 aromatic heterocycles. The van der Waals surface area contributed by atoms with Gasteiger partial charge in [0.2, 0.25) is 11.5 Å². The first-order chi connectivity index (χ1) is 22.8. The summed E-state index contributed by atoms with van der Waals surface area (Å²) in [5, 5.41) is 10.7. The number of nitrogens with one attached hydrogen (secondary N) is 1. The number of amides is 2. The molecule has 47 heavy (non-hydrogen) atoms. The van der Waals surface area contributed by atoms with Crippen LogP contribution in [0.15, 0.2) is 69.8 Å². The number of hydrogen-bond donors (Lipinski definition) is 1. The lowest BCUT2D eigenvalue weighted by Gasteiger charge is -2.44. The second-order valence-electron chi connectivity index (χ2n) is 11.9. The molecule has 0 unspecified atom stereocenters. The van der Waals surface area contributed by atoms with E-state index in [4.69, 9.17) is 26.6 Å². The summed E-state index contributed by atoms with van der Waals surface area (Å²) in [6.45, 7) is 2.81. The van der Waals surface area contributed by atoms with E-state index >= 15 is 0 Å². The molecule has 1 spiro atoms. The Hall–Kier alpha value is -5.55. The third-order valence-electron chi connectivity index (χ3n) is 8.57. The molecule has 2 aliphatic rings. The van der Waals surface area contributed by atoms with Gasteiger partial charge in [-0.2, -0.15) is 0 Å². The minimum absolute atomic E-state index is 0.0815. The Kier molecular flexibility index (Phi) is 10.6. The van der Waals surface area contributed by atoms with Crippen molar-refractivity contribution in [3.63, 3.8) is 0 Å². The first-order valence-electron chi connectivity index (χ1n) is 15.5. The lowest BCUT2D eigenvalue weighted by Crippen LogP contribution is -2.40. The monoisotopic (exact) mass is 634 g/mol. The van der Waals surface area contributed by atoms with E-state index in [-0.39, 0.29) is 28.7 Å². The van der Waals surface area contributed by atoms with Crippen LogP contribution in [0, 0.1) is 36.1 Å². The maximum absolute atomic E-state index is 12.7. The number of ether oxygens (including phenoxy) is 1. The zero-order chi connectivity index (χ0) is 33.2. The van der Waals surface area contributed by atoms with Crippen LogP contribution in [-0.4, -0.2) is 77.2 Å². The number of nitrogens with zero attached hydrogens (tertiary/aromatic N) is 5. The molecule has 4 aromatic rings. The zero-order valence-corrected chi connectivity index (χ0v) is 26.6. The van der Waals surface area contributed by atoms with E-state index in [1.54, 1.807) is 37.4 Å². The third-order valence-corrected chi connectivity index (χ3v) is 8.57. The minimum atomic E-state index is -0.210. The Labute approximate surface area is 274 Å². The quantitative estimate of drug-likeness (QED) is 0.146. The fourth-order valence-electron chi connectivity index (χ4n) is 6.12. The highest BCUT2D eigenvalue weighted by molar-refractivity contribution is 5.93. The smallest absolute Gasteiger partial charge is 0.292 e. The van der Waals surface area contributed by atoms with Crippen molar-refractivity contribution in [2.75, 3.05) is 40.3 Å². The summed E-state index contributed by atoms with van der Waals surface area (Å²) < 4.78 is 15.5. The fourth-order valence-corrected chi connectivity index (χ4v) is 6.12. The van der Waals surface area contributed by atoms with Crippen molar-refractivity contribution in [2.24, 2.45) is 11.3 Å². The summed E-state index contributed by atoms with van der Waals surface area (Å²) >= 11 is 0. The number of carbonyl (C=O) groups excluding carboxylic acids is 2. The second kappa shape index (κ2) is 15.2. The van der Waals surface area contributed by atoms with Gasteiger partial charge in [0.1, 0.15) is 17.1 Å². The molecule has 1 aliphatic heterocycles. The maximum atomic E-state index is 12.7. The predicted molar refractivity (Wildman–Crippen MR) is 176 cm³/mol. The molecule has 2 fully saturated rings. The maximum Gasteiger partial charge on any atom is 0.292 e. The van der Waals surface area contributed by atoms with E-state index in [0.717, 1.165) is 56.5 Å². The number of hydrogen-bond acceptors (Lipinski definition) is 9. The molecule has 1 saturated carbocycles. The average molecular weight is 635 g/mol. The van der Waals surface area contributed by atoms with Crippen molar-refractivity contribution in [2.45, 2.75) is 32.1 Å². The van der Waals surface area contributed by atoms with E-state index in [2.05, 4.69) is 32.6 Å². The Balaban J connectivity index is 0.000000185. The van der Waals surface area contributed by atoms with Crippen LogP contribution in [-0.2, 0) is 0 Å². The first-order valence-corrected chi connectivity index (χ1v) is 15.5. The van der Waals surface area contributed by atoms with Gasteiger partial charge in [-0.15, -0.1) is 12.3 Å². The lowest BCUT2D eigenvalue weighted by atomic mass is 9.60. The number of pyridine rings is 1. The Morgan fingerprint density at radius 3 is 2.51 bits per heavy atom. The summed E-state index contributed by atoms with van der Waals surface area (Å²) in [6, 6.07) is 18.6. The van der Waals surface area contributed by atoms with Gasteiger partial charge in [-0.25, -0.2) is 0 Å². The average Bonchev–Trinajstić information content (AvgIpc) is 3.88. The van der Waals surface area contributed by atoms with E-state index in [1.807, 2.05) is 47.4 Å². The van der Waals surface area contributed by atoms with Crippen molar-refractivity contribution in [1.29, 1.82) is 0 Å². The number of terminal acetylenes is 2. The number of likely N-dealkylation sites (tertiary alicyclic amines) is 1. The molecule has 6 rings (SSSR count). The molecule has 242 valence electrons. The van der Waals surface area contributed by atoms with Crippen molar-refractivity contribution >= 4 is 11.8 Å². The van der Waals surface area contributed by atoms with Crippen molar-refractivity contribution < 1.29 is 23.4 Å². The van der Waals surface area contributed by atoms with Gasteiger partial charge >= 0.3 is 0 Å². The molecule has 0 bridgehead atoms. The summed E-state index contributed by atoms with van der Waals surface area (Å²) in [5.74, 6) is 4.34. The van der Waals surface area contributed by atoms with Gasteiger partial charge in [-0.1, -0.05) is 22.8 Å². The summed E-state index contributed by atoms with van der Waals surface area (Å²) in [5.41, 5.74) is 3.04. The van der Waals surface area contributed by atoms with Gasteiger partial charge in [0.25, 0.3) is 11.8 Å². The standard InChI is InChI=1S/C19H19N3O2.C17H19N3O3/c1-2-5-14-11-19(12-14)7-9-22(13-19)18(23)17-10-16(21-24-17)15-6-3-4-8-20-15;1-4-18-10-5-11-20(2)17(21)16-12-15(19-23-16)13-6-8-14(22-3)9-7-13/h1,3-4,6,8,10,14H,5,7,9,11-13H2;1,6-9,12,18H,5,10-11H2,2-3H3. The molecule has 1 saturated heterocycles. The molecular weight excluding hydrogens is 596 g/mol. The van der Waals surface area contributed by atoms with Crippen LogP contribution in [0.1, 0.15) is 53.2 Å². The summed E-state index contributed by atoms with van der Waals surface area (Å²) in [7, 11) is 3.32. The third kappa shape index (κ3) is 8.00. The number of aromatic nitrogens is 3. The molecule has 4 heterocycles. The van der Waals surface area contributed by atoms with E-state index < -0.39 is 0 Å². The lowest BCUT2D eigenvalue weighted by molar-refractivity contribution is 0.0537. The van der Waals surface area contributed by atoms with Crippen LogP contribution < -0.4 is 10.1 Å². The van der Waals surface area contributed by atoms with Gasteiger partial charge < -0.3 is 28.9 Å². The van der Waals surface area contributed by atoms with Crippen LogP contribution in [0.25, 0.3) is 22.6 Å². The van der Waals surface area contributed by atoms with Gasteiger partial charge in [0.15, 0.2) is 0 Å². The van der Waals surface area contributed by atoms with Crippen LogP contribution in [0.2, 0.25) is 0 Å². The predicted octanol–water partition coefficient (Wildman–Crippen LogP) is 4.99. The number of carbonyl (C=O) groups is 2. The molecule has 0 atom stereocenters. The molecule has 1 aliphatic carbocycles. The first kappa shape index (κ1) is 32.8. The minimum Gasteiger partial charge on any atom is -0.497 e. The van der Waals surface area contributed by atoms with Gasteiger partial charge in [-0.3, -0.25) is 14.6 Å². The summed E-state index contributed by atoms with van der Waals surface area (Å²) in [6.07, 6.45) is 17.1. The van der Waals surface area contributed by atoms with E-state index in [9.17, 15) is 9.59 Å². The fraction of sp³-hybridized carbons (Fsp3) is 0.361. The SMILES string of the molecule is C#CCC1CC2(CCN(C(=O)c3cc(-c4ccccn4)no3)C2)C1.C#CNCCCN(C)C(=O)c1cc(-c2ccc(OC)cc2)no1. The topological polar surface area (TPSA) is 127 Å². The summed E-state index contributed by atoms with van der Waals surface area (Å²) in [4.78, 5) is 32.6. The molecule has 11 heteroatoms. The highest BCUT2D eigenvalue weighted by atomic mass is 16.5. The highest BCUT2D eigenvalue weighted by Crippen LogP contribution is 2.53. The molecule has 2 amide bonds. The van der Waals surface area contributed by atoms with Gasteiger partial charge in [0, 0.05) is 69.6 Å². The molecule has 11 nitrogen and oxygen atoms in total. The van der Waals surface area contributed by atoms with Gasteiger partial charge in [-0.05, 0) is 73.4 Å². The normalized spacial score (nSPS) is 17.9. The molecule has 0 radical (unpaired) electrons. The second-order valence-corrected chi connectivity index (χ2v) is 11.9. The van der Waals surface area contributed by atoms with E-state index in [1.165, 1.54) is 0 Å².